The van der Waals surface area contributed by atoms with Gasteiger partial charge in [0.05, 0.1) is 40.3 Å². The highest BCUT2D eigenvalue weighted by atomic mass is 32.2. The Kier molecular flexibility index (Phi) is 19.7. The van der Waals surface area contributed by atoms with Gasteiger partial charge >= 0.3 is 23.3 Å². The monoisotopic (exact) mass is 1240 g/mol. The first kappa shape index (κ1) is 63.5. The molecule has 3 aliphatic rings. The third kappa shape index (κ3) is 14.3. The van der Waals surface area contributed by atoms with E-state index in [2.05, 4.69) is 29.5 Å². The number of fused-ring (bicyclic) bond motifs is 6. The maximum atomic E-state index is 12.5. The maximum Gasteiger partial charge on any atom is 0.341 e. The number of anilines is 1. The smallest absolute Gasteiger partial charge is 0.341 e. The number of hydrogen-bond donors (Lipinski definition) is 6. The number of carbonyl (C=O) groups is 2. The van der Waals surface area contributed by atoms with Gasteiger partial charge in [-0.05, 0) is 172 Å². The van der Waals surface area contributed by atoms with Crippen molar-refractivity contribution in [2.24, 2.45) is 0 Å². The highest BCUT2D eigenvalue weighted by Crippen LogP contribution is 2.54. The number of carboxylic acids is 2. The predicted molar refractivity (Wildman–Crippen MR) is 317 cm³/mol. The van der Waals surface area contributed by atoms with Crippen molar-refractivity contribution in [1.82, 2.24) is 0 Å². The summed E-state index contributed by atoms with van der Waals surface area (Å²) >= 11 is -1.73. The van der Waals surface area contributed by atoms with Crippen LogP contribution < -0.4 is 19.1 Å². The van der Waals surface area contributed by atoms with Gasteiger partial charge < -0.3 is 29.3 Å². The van der Waals surface area contributed by atoms with Crippen LogP contribution in [0.3, 0.4) is 0 Å². The minimum absolute atomic E-state index is 0.0337. The quantitative estimate of drug-likeness (QED) is 0.00570. The van der Waals surface area contributed by atoms with Crippen LogP contribution in [0.15, 0.2) is 117 Å². The Hall–Kier alpha value is -6.49. The minimum Gasteiger partial charge on any atom is -0.481 e. The topological polar surface area (TPSA) is 302 Å². The van der Waals surface area contributed by atoms with Crippen molar-refractivity contribution in [2.45, 2.75) is 114 Å². The largest absolute Gasteiger partial charge is 0.481 e. The number of hydrogen-bond acceptors (Lipinski definition) is 16. The van der Waals surface area contributed by atoms with E-state index in [9.17, 15) is 54.5 Å². The summed E-state index contributed by atoms with van der Waals surface area (Å²) in [6, 6.07) is 17.0. The Morgan fingerprint density at radius 3 is 2.08 bits per heavy atom. The molecule has 21 nitrogen and oxygen atoms in total. The zero-order chi connectivity index (χ0) is 61.1. The molecule has 1 atom stereocenters. The fourth-order valence-corrected chi connectivity index (χ4v) is 13.3. The minimum atomic E-state index is -4.77. The number of rotatable bonds is 26. The van der Waals surface area contributed by atoms with Crippen LogP contribution in [0.5, 0.6) is 17.2 Å². The average Bonchev–Trinajstić information content (AvgIpc) is 1.75. The second-order valence-electron chi connectivity index (χ2n) is 21.8. The molecule has 450 valence electrons. The number of benzene rings is 5. The van der Waals surface area contributed by atoms with E-state index in [4.69, 9.17) is 28.0 Å². The molecule has 0 fully saturated rings. The Morgan fingerprint density at radius 1 is 0.786 bits per heavy atom. The molecule has 5 aromatic carbocycles. The number of allylic oxidation sites excluding steroid dienone is 7. The molecule has 84 heavy (non-hydrogen) atoms. The number of aryl methyl sites for hydroxylation is 2. The summed E-state index contributed by atoms with van der Waals surface area (Å²) in [4.78, 5) is 25.8. The van der Waals surface area contributed by atoms with E-state index in [1.165, 1.54) is 6.07 Å². The van der Waals surface area contributed by atoms with Crippen molar-refractivity contribution >= 4 is 94.2 Å². The van der Waals surface area contributed by atoms with E-state index in [-0.39, 0.29) is 31.1 Å². The van der Waals surface area contributed by atoms with Crippen LogP contribution in [0.2, 0.25) is 0 Å². The first-order chi connectivity index (χ1) is 39.6. The summed E-state index contributed by atoms with van der Waals surface area (Å²) in [6.45, 7) is 13.4. The molecule has 2 heterocycles. The molecule has 1 unspecified atom stereocenters. The first-order valence-electron chi connectivity index (χ1n) is 26.8. The van der Waals surface area contributed by atoms with Crippen LogP contribution in [0.4, 0.5) is 11.4 Å². The highest BCUT2D eigenvalue weighted by molar-refractivity contribution is 7.94. The molecule has 0 radical (unpaired) electrons. The Balaban J connectivity index is 1.31. The fraction of sp³-hybridized carbons (Fsp3) is 0.373. The summed E-state index contributed by atoms with van der Waals surface area (Å²) < 4.78 is 120. The van der Waals surface area contributed by atoms with Gasteiger partial charge in [-0.2, -0.15) is 25.6 Å². The zero-order valence-electron chi connectivity index (χ0n) is 47.3. The standard InChI is InChI=1S/C59H66N2O19S4/c1-35-27-42(28-36(2)37(35)3)78-57-38(17-21-49-58(4,5)55-45(60(49)23-8-10-25-77-82(67)68)19-15-40-29-43(81-80-79-66)31-47(53(40)55)75-33-51(62)63)13-12-14-39(57)18-22-50-59(6,7)56-46(61(50)24-9-11-26-83(69,70)71)20-16-41-30-44(84(72,73)74)32-48(54(41)56)76-34-52(64)65/h15-22,27-32H,8-14,23-26,33-34H2,1-7H3,(H5-,62,63,64,65,66,67,68,69,70,71,72,73,74)/p+1. The Labute approximate surface area is 493 Å². The van der Waals surface area contributed by atoms with Crippen molar-refractivity contribution in [3.05, 3.63) is 135 Å². The highest BCUT2D eigenvalue weighted by Gasteiger charge is 2.47. The summed E-state index contributed by atoms with van der Waals surface area (Å²) in [5.41, 5.74) is 7.70. The molecular weight excluding hydrogens is 1170 g/mol. The second kappa shape index (κ2) is 26.0. The molecule has 2 aliphatic heterocycles. The molecule has 5 aromatic rings. The van der Waals surface area contributed by atoms with Crippen LogP contribution in [-0.2, 0) is 65.6 Å². The molecule has 0 saturated carbocycles. The van der Waals surface area contributed by atoms with Gasteiger partial charge in [-0.25, -0.2) is 14.8 Å². The van der Waals surface area contributed by atoms with Crippen molar-refractivity contribution in [3.8, 4) is 17.2 Å². The third-order valence-corrected chi connectivity index (χ3v) is 18.0. The lowest BCUT2D eigenvalue weighted by atomic mass is 9.78. The van der Waals surface area contributed by atoms with Gasteiger partial charge in [0.2, 0.25) is 5.69 Å². The van der Waals surface area contributed by atoms with E-state index >= 15 is 0 Å². The van der Waals surface area contributed by atoms with Gasteiger partial charge in [-0.3, -0.25) is 17.8 Å². The van der Waals surface area contributed by atoms with Gasteiger partial charge in [0.25, 0.3) is 20.2 Å². The molecule has 6 N–H and O–H groups in total. The molecular formula is C59H67N2O19S4+. The maximum absolute atomic E-state index is 12.5. The van der Waals surface area contributed by atoms with Crippen LogP contribution in [-0.4, -0.2) is 111 Å². The number of aliphatic carboxylic acids is 2. The molecule has 0 spiro atoms. The number of nitrogens with zero attached hydrogens (tertiary/aromatic N) is 2. The Morgan fingerprint density at radius 2 is 1.44 bits per heavy atom. The second-order valence-corrected chi connectivity index (χ2v) is 26.2. The number of carboxylic acid groups (broad SMARTS) is 2. The van der Waals surface area contributed by atoms with Crippen LogP contribution >= 0.6 is 12.0 Å². The van der Waals surface area contributed by atoms with Crippen molar-refractivity contribution < 1.29 is 92.1 Å². The third-order valence-electron chi connectivity index (χ3n) is 15.4. The lowest BCUT2D eigenvalue weighted by Crippen LogP contribution is -2.28. The van der Waals surface area contributed by atoms with Gasteiger partial charge in [0.1, 0.15) is 29.6 Å². The lowest BCUT2D eigenvalue weighted by molar-refractivity contribution is -0.438. The summed E-state index contributed by atoms with van der Waals surface area (Å²) in [6.07, 6.45) is 11.4. The van der Waals surface area contributed by atoms with Gasteiger partial charge in [-0.15, -0.1) is 4.33 Å². The molecule has 1 aliphatic carbocycles. The molecule has 8 rings (SSSR count). The van der Waals surface area contributed by atoms with Crippen molar-refractivity contribution in [1.29, 1.82) is 0 Å². The lowest BCUT2D eigenvalue weighted by Gasteiger charge is -2.28. The van der Waals surface area contributed by atoms with Crippen molar-refractivity contribution in [2.75, 3.05) is 43.6 Å². The van der Waals surface area contributed by atoms with E-state index < -0.39 is 78.2 Å². The molecule has 0 saturated heterocycles. The molecule has 0 bridgehead atoms. The van der Waals surface area contributed by atoms with Gasteiger partial charge in [0.15, 0.2) is 18.9 Å². The van der Waals surface area contributed by atoms with E-state index in [0.29, 0.717) is 106 Å². The average molecular weight is 1240 g/mol. The van der Waals surface area contributed by atoms with Crippen LogP contribution in [0.25, 0.3) is 21.5 Å². The number of unbranched alkanes of at least 4 members (excludes halogenated alkanes) is 2. The summed E-state index contributed by atoms with van der Waals surface area (Å²) in [7, 11) is -9.05. The molecule has 0 amide bonds. The van der Waals surface area contributed by atoms with Gasteiger partial charge in [0, 0.05) is 63.6 Å². The Bertz CT molecular complexity index is 3840. The van der Waals surface area contributed by atoms with E-state index in [0.717, 1.165) is 56.6 Å². The molecule has 25 heteroatoms. The number of ether oxygens (including phenoxy) is 3. The normalized spacial score (nSPS) is 17.2. The SMILES string of the molecule is Cc1cc(OC2=C(/C=C/C3=[N+](CCCCOS(=O)O)c4ccc5cc(SOOO)cc(OCC(=O)O)c5c4C3(C)C)CCC/C2=C\C=C2\N(CCCCS(=O)(=O)O)c3ccc4cc(S(=O)(=O)O)cc(OCC(=O)O)c4c3C2(C)C)cc(C)c1C. The van der Waals surface area contributed by atoms with E-state index in [1.54, 1.807) is 24.3 Å². The molecule has 0 aromatic heterocycles. The fourth-order valence-electron chi connectivity index (χ4n) is 11.5. The van der Waals surface area contributed by atoms with E-state index in [1.807, 2.05) is 82.0 Å². The first-order valence-corrected chi connectivity index (χ1v) is 31.7. The van der Waals surface area contributed by atoms with Crippen molar-refractivity contribution in [3.63, 3.8) is 0 Å². The van der Waals surface area contributed by atoms with Crippen LogP contribution in [0.1, 0.15) is 100 Å². The summed E-state index contributed by atoms with van der Waals surface area (Å²) in [5.74, 6) is -1.61. The van der Waals surface area contributed by atoms with Gasteiger partial charge in [-0.1, -0.05) is 31.0 Å². The van der Waals surface area contributed by atoms with Crippen LogP contribution in [0, 0.1) is 20.8 Å². The summed E-state index contributed by atoms with van der Waals surface area (Å²) in [5, 5.41) is 34.3. The predicted octanol–water partition coefficient (Wildman–Crippen LogP) is 11.2. The zero-order valence-corrected chi connectivity index (χ0v) is 50.6.